The smallest absolute Gasteiger partial charge is 0.252 e. The molecule has 1 aromatic carbocycles. The highest BCUT2D eigenvalue weighted by Crippen LogP contribution is 2.18. The summed E-state index contributed by atoms with van der Waals surface area (Å²) in [5.41, 5.74) is 2.39. The van der Waals surface area contributed by atoms with E-state index in [4.69, 9.17) is 0 Å². The van der Waals surface area contributed by atoms with Crippen molar-refractivity contribution in [1.29, 1.82) is 0 Å². The number of aromatic nitrogens is 1. The van der Waals surface area contributed by atoms with Crippen molar-refractivity contribution >= 4 is 32.7 Å². The number of fused-ring (bicyclic) bond motifs is 1. The number of para-hydroxylation sites is 1. The molecular formula is C14H15BrN2O. The zero-order valence-electron chi connectivity index (χ0n) is 10.4. The largest absolute Gasteiger partial charge is 0.349 e. The third kappa shape index (κ3) is 2.70. The Balaban J connectivity index is 2.46. The van der Waals surface area contributed by atoms with Crippen LogP contribution in [0.1, 0.15) is 23.0 Å². The van der Waals surface area contributed by atoms with Gasteiger partial charge in [-0.05, 0) is 26.0 Å². The van der Waals surface area contributed by atoms with Crippen LogP contribution in [0.25, 0.3) is 10.9 Å². The van der Waals surface area contributed by atoms with Crippen LogP contribution in [-0.4, -0.2) is 22.3 Å². The van der Waals surface area contributed by atoms with Gasteiger partial charge in [0.15, 0.2) is 0 Å². The molecule has 0 aliphatic heterocycles. The monoisotopic (exact) mass is 306 g/mol. The van der Waals surface area contributed by atoms with Crippen LogP contribution in [0.4, 0.5) is 0 Å². The molecule has 1 amide bonds. The maximum absolute atomic E-state index is 12.2. The van der Waals surface area contributed by atoms with Gasteiger partial charge in [-0.1, -0.05) is 34.1 Å². The van der Waals surface area contributed by atoms with Gasteiger partial charge in [-0.15, -0.1) is 0 Å². The number of halogens is 1. The molecule has 1 unspecified atom stereocenters. The first-order chi connectivity index (χ1) is 8.61. The fourth-order valence-corrected chi connectivity index (χ4v) is 2.00. The van der Waals surface area contributed by atoms with Gasteiger partial charge in [0, 0.05) is 22.5 Å². The molecule has 1 atom stereocenters. The average Bonchev–Trinajstić information content (AvgIpc) is 2.37. The summed E-state index contributed by atoms with van der Waals surface area (Å²) in [6.45, 7) is 3.86. The van der Waals surface area contributed by atoms with Gasteiger partial charge < -0.3 is 5.32 Å². The number of aryl methyl sites for hydroxylation is 1. The number of alkyl halides is 1. The Labute approximate surface area is 115 Å². The Morgan fingerprint density at radius 2 is 2.17 bits per heavy atom. The van der Waals surface area contributed by atoms with E-state index in [9.17, 15) is 4.79 Å². The summed E-state index contributed by atoms with van der Waals surface area (Å²) < 4.78 is 0. The quantitative estimate of drug-likeness (QED) is 0.886. The molecule has 0 saturated carbocycles. The molecule has 4 heteroatoms. The average molecular weight is 307 g/mol. The fourth-order valence-electron chi connectivity index (χ4n) is 1.84. The lowest BCUT2D eigenvalue weighted by Gasteiger charge is -2.12. The summed E-state index contributed by atoms with van der Waals surface area (Å²) >= 11 is 3.35. The molecule has 0 radical (unpaired) electrons. The summed E-state index contributed by atoms with van der Waals surface area (Å²) in [5.74, 6) is -0.0522. The lowest BCUT2D eigenvalue weighted by molar-refractivity contribution is 0.0945. The molecule has 1 heterocycles. The minimum Gasteiger partial charge on any atom is -0.349 e. The first-order valence-corrected chi connectivity index (χ1v) is 6.97. The number of pyridine rings is 1. The summed E-state index contributed by atoms with van der Waals surface area (Å²) in [6.07, 6.45) is 0. The molecule has 0 spiro atoms. The molecule has 0 aliphatic carbocycles. The Hall–Kier alpha value is -1.42. The minimum absolute atomic E-state index is 0.0522. The van der Waals surface area contributed by atoms with Crippen molar-refractivity contribution in [3.63, 3.8) is 0 Å². The zero-order chi connectivity index (χ0) is 13.1. The van der Waals surface area contributed by atoms with Crippen LogP contribution in [0.3, 0.4) is 0 Å². The third-order valence-corrected chi connectivity index (χ3v) is 3.67. The fraction of sp³-hybridized carbons (Fsp3) is 0.286. The molecular weight excluding hydrogens is 292 g/mol. The van der Waals surface area contributed by atoms with E-state index in [1.807, 2.05) is 44.2 Å². The number of hydrogen-bond donors (Lipinski definition) is 1. The number of benzene rings is 1. The second kappa shape index (κ2) is 5.48. The number of carbonyl (C=O) groups excluding carboxylic acids is 1. The zero-order valence-corrected chi connectivity index (χ0v) is 12.0. The number of rotatable bonds is 3. The predicted molar refractivity (Wildman–Crippen MR) is 77.2 cm³/mol. The SMILES string of the molecule is Cc1cc(C(=O)NC(C)CBr)c2ccccc2n1. The van der Waals surface area contributed by atoms with Gasteiger partial charge >= 0.3 is 0 Å². The molecule has 1 aromatic heterocycles. The van der Waals surface area contributed by atoms with Crippen molar-refractivity contribution in [2.24, 2.45) is 0 Å². The molecule has 1 N–H and O–H groups in total. The number of hydrogen-bond acceptors (Lipinski definition) is 2. The molecule has 2 aromatic rings. The second-order valence-corrected chi connectivity index (χ2v) is 5.00. The van der Waals surface area contributed by atoms with Crippen molar-refractivity contribution in [3.8, 4) is 0 Å². The maximum Gasteiger partial charge on any atom is 0.252 e. The van der Waals surface area contributed by atoms with Crippen LogP contribution in [-0.2, 0) is 0 Å². The van der Waals surface area contributed by atoms with Gasteiger partial charge in [0.1, 0.15) is 0 Å². The van der Waals surface area contributed by atoms with Crippen LogP contribution in [0.5, 0.6) is 0 Å². The van der Waals surface area contributed by atoms with E-state index in [0.29, 0.717) is 5.56 Å². The first-order valence-electron chi connectivity index (χ1n) is 5.85. The Morgan fingerprint density at radius 1 is 1.44 bits per heavy atom. The van der Waals surface area contributed by atoms with Crippen LogP contribution in [0.15, 0.2) is 30.3 Å². The highest BCUT2D eigenvalue weighted by molar-refractivity contribution is 9.09. The number of nitrogens with one attached hydrogen (secondary N) is 1. The molecule has 0 aliphatic rings. The number of nitrogens with zero attached hydrogens (tertiary/aromatic N) is 1. The third-order valence-electron chi connectivity index (χ3n) is 2.70. The van der Waals surface area contributed by atoms with E-state index < -0.39 is 0 Å². The van der Waals surface area contributed by atoms with E-state index in [-0.39, 0.29) is 11.9 Å². The summed E-state index contributed by atoms with van der Waals surface area (Å²) in [6, 6.07) is 9.63. The lowest BCUT2D eigenvalue weighted by Crippen LogP contribution is -2.33. The Bertz CT molecular complexity index is 583. The molecule has 94 valence electrons. The second-order valence-electron chi connectivity index (χ2n) is 4.36. The lowest BCUT2D eigenvalue weighted by atomic mass is 10.1. The van der Waals surface area contributed by atoms with Crippen LogP contribution >= 0.6 is 15.9 Å². The van der Waals surface area contributed by atoms with E-state index in [2.05, 4.69) is 26.2 Å². The van der Waals surface area contributed by atoms with Gasteiger partial charge in [-0.25, -0.2) is 0 Å². The van der Waals surface area contributed by atoms with E-state index in [1.54, 1.807) is 0 Å². The first kappa shape index (κ1) is 13.0. The molecule has 3 nitrogen and oxygen atoms in total. The molecule has 18 heavy (non-hydrogen) atoms. The molecule has 0 bridgehead atoms. The van der Waals surface area contributed by atoms with Gasteiger partial charge in [0.25, 0.3) is 5.91 Å². The van der Waals surface area contributed by atoms with Crippen LogP contribution in [0, 0.1) is 6.92 Å². The topological polar surface area (TPSA) is 42.0 Å². The molecule has 0 fully saturated rings. The number of amides is 1. The van der Waals surface area contributed by atoms with Crippen molar-refractivity contribution in [2.75, 3.05) is 5.33 Å². The van der Waals surface area contributed by atoms with E-state index in [0.717, 1.165) is 21.9 Å². The van der Waals surface area contributed by atoms with Crippen LogP contribution in [0.2, 0.25) is 0 Å². The predicted octanol–water partition coefficient (Wildman–Crippen LogP) is 3.06. The van der Waals surface area contributed by atoms with Gasteiger partial charge in [-0.2, -0.15) is 0 Å². The van der Waals surface area contributed by atoms with Crippen LogP contribution < -0.4 is 5.32 Å². The molecule has 2 rings (SSSR count). The van der Waals surface area contributed by atoms with Crippen molar-refractivity contribution in [1.82, 2.24) is 10.3 Å². The highest BCUT2D eigenvalue weighted by Gasteiger charge is 2.13. The van der Waals surface area contributed by atoms with Gasteiger partial charge in [0.05, 0.1) is 11.1 Å². The maximum atomic E-state index is 12.2. The molecule has 0 saturated heterocycles. The van der Waals surface area contributed by atoms with Gasteiger partial charge in [0.2, 0.25) is 0 Å². The summed E-state index contributed by atoms with van der Waals surface area (Å²) in [4.78, 5) is 16.6. The standard InChI is InChI=1S/C14H15BrN2O/c1-9-7-12(14(18)17-10(2)8-15)11-5-3-4-6-13(11)16-9/h3-7,10H,8H2,1-2H3,(H,17,18). The van der Waals surface area contributed by atoms with Crippen molar-refractivity contribution in [2.45, 2.75) is 19.9 Å². The Morgan fingerprint density at radius 3 is 2.89 bits per heavy atom. The highest BCUT2D eigenvalue weighted by atomic mass is 79.9. The van der Waals surface area contributed by atoms with E-state index >= 15 is 0 Å². The van der Waals surface area contributed by atoms with Crippen molar-refractivity contribution in [3.05, 3.63) is 41.6 Å². The normalized spacial score (nSPS) is 12.4. The van der Waals surface area contributed by atoms with Gasteiger partial charge in [-0.3, -0.25) is 9.78 Å². The summed E-state index contributed by atoms with van der Waals surface area (Å²) in [5, 5.41) is 4.58. The van der Waals surface area contributed by atoms with Crippen molar-refractivity contribution < 1.29 is 4.79 Å². The summed E-state index contributed by atoms with van der Waals surface area (Å²) in [7, 11) is 0. The Kier molecular flexibility index (Phi) is 3.97. The number of carbonyl (C=O) groups is 1. The minimum atomic E-state index is -0.0522. The van der Waals surface area contributed by atoms with E-state index in [1.165, 1.54) is 0 Å².